The lowest BCUT2D eigenvalue weighted by Gasteiger charge is -2.15. The Morgan fingerprint density at radius 2 is 2.41 bits per heavy atom. The molecule has 1 fully saturated rings. The van der Waals surface area contributed by atoms with Gasteiger partial charge in [0.15, 0.2) is 0 Å². The van der Waals surface area contributed by atoms with Gasteiger partial charge in [-0.3, -0.25) is 14.3 Å². The number of nitrogens with zero attached hydrogens (tertiary/aromatic N) is 4. The van der Waals surface area contributed by atoms with Crippen molar-refractivity contribution in [2.75, 3.05) is 13.2 Å². The Labute approximate surface area is 123 Å². The van der Waals surface area contributed by atoms with Crippen LogP contribution in [0.1, 0.15) is 18.2 Å². The molecule has 1 aliphatic heterocycles. The van der Waals surface area contributed by atoms with Gasteiger partial charge >= 0.3 is 5.69 Å². The summed E-state index contributed by atoms with van der Waals surface area (Å²) in [6.07, 6.45) is 0.360. The molecule has 11 heteroatoms. The van der Waals surface area contributed by atoms with Crippen LogP contribution in [0.5, 0.6) is 0 Å². The highest BCUT2D eigenvalue weighted by Gasteiger charge is 2.35. The number of aliphatic hydroxyl groups excluding tert-OH is 1. The van der Waals surface area contributed by atoms with Gasteiger partial charge in [-0.15, -0.1) is 0 Å². The molecule has 1 aromatic heterocycles. The van der Waals surface area contributed by atoms with Crippen LogP contribution in [0.3, 0.4) is 0 Å². The van der Waals surface area contributed by atoms with Gasteiger partial charge in [0, 0.05) is 29.5 Å². The van der Waals surface area contributed by atoms with E-state index in [9.17, 15) is 14.7 Å². The van der Waals surface area contributed by atoms with Gasteiger partial charge < -0.3 is 14.7 Å². The molecule has 3 atom stereocenters. The van der Waals surface area contributed by atoms with Crippen molar-refractivity contribution >= 4 is 0 Å². The summed E-state index contributed by atoms with van der Waals surface area (Å²) >= 11 is 0. The van der Waals surface area contributed by atoms with Crippen LogP contribution in [-0.2, 0) is 16.0 Å². The predicted octanol–water partition coefficient (Wildman–Crippen LogP) is -1.07. The van der Waals surface area contributed by atoms with E-state index in [-0.39, 0.29) is 26.1 Å². The first-order chi connectivity index (χ1) is 10.6. The van der Waals surface area contributed by atoms with E-state index in [1.54, 1.807) is 0 Å². The molecule has 0 radical (unpaired) electrons. The molecule has 0 amide bonds. The van der Waals surface area contributed by atoms with E-state index in [4.69, 9.17) is 16.2 Å². The van der Waals surface area contributed by atoms with Crippen LogP contribution < -0.4 is 17.1 Å². The van der Waals surface area contributed by atoms with Gasteiger partial charge in [0.25, 0.3) is 5.56 Å². The predicted molar refractivity (Wildman–Crippen MR) is 73.7 cm³/mol. The average Bonchev–Trinajstić information content (AvgIpc) is 2.89. The number of azide groups is 1. The van der Waals surface area contributed by atoms with E-state index in [0.717, 1.165) is 0 Å². The largest absolute Gasteiger partial charge is 0.394 e. The maximum Gasteiger partial charge on any atom is 0.330 e. The summed E-state index contributed by atoms with van der Waals surface area (Å²) < 4.78 is 6.71. The van der Waals surface area contributed by atoms with Crippen LogP contribution in [0.25, 0.3) is 10.4 Å². The molecule has 0 bridgehead atoms. The summed E-state index contributed by atoms with van der Waals surface area (Å²) in [5, 5.41) is 12.8. The second-order valence-corrected chi connectivity index (χ2v) is 4.76. The average molecular weight is 312 g/mol. The van der Waals surface area contributed by atoms with E-state index in [0.29, 0.717) is 5.56 Å². The maximum atomic E-state index is 11.9. The fourth-order valence-corrected chi connectivity index (χ4v) is 2.33. The van der Waals surface area contributed by atoms with Crippen LogP contribution in [-0.4, -0.2) is 40.0 Å². The summed E-state index contributed by atoms with van der Waals surface area (Å²) in [4.78, 5) is 32.9. The highest BCUT2D eigenvalue weighted by molar-refractivity contribution is 5.06. The van der Waals surface area contributed by atoms with Gasteiger partial charge in [-0.25, -0.2) is 10.7 Å². The fraction of sp³-hybridized carbons (Fsp3) is 0.636. The third-order valence-corrected chi connectivity index (χ3v) is 3.43. The third-order valence-electron chi connectivity index (χ3n) is 3.43. The number of hydrogen-bond acceptors (Lipinski definition) is 7. The second-order valence-electron chi connectivity index (χ2n) is 4.76. The topological polar surface area (TPSA) is 168 Å². The third kappa shape index (κ3) is 3.35. The SMILES string of the molecule is [N-]=[N+]=N[C@H]1C[C@H](n2cc(CCON)c(=O)[nH]c2=O)O[C@@H]1CO. The lowest BCUT2D eigenvalue weighted by Crippen LogP contribution is -2.34. The van der Waals surface area contributed by atoms with Gasteiger partial charge in [0.1, 0.15) is 6.23 Å². The molecule has 120 valence electrons. The smallest absolute Gasteiger partial charge is 0.330 e. The summed E-state index contributed by atoms with van der Waals surface area (Å²) in [5.41, 5.74) is 7.64. The Bertz CT molecular complexity index is 678. The van der Waals surface area contributed by atoms with E-state index in [1.807, 2.05) is 0 Å². The molecule has 2 rings (SSSR count). The van der Waals surface area contributed by atoms with E-state index in [1.165, 1.54) is 10.8 Å². The van der Waals surface area contributed by atoms with Gasteiger partial charge in [-0.05, 0) is 5.53 Å². The number of nitrogens with one attached hydrogen (secondary N) is 1. The Balaban J connectivity index is 2.30. The van der Waals surface area contributed by atoms with Crippen molar-refractivity contribution in [3.63, 3.8) is 0 Å². The summed E-state index contributed by atoms with van der Waals surface area (Å²) in [6, 6.07) is -0.588. The van der Waals surface area contributed by atoms with Crippen molar-refractivity contribution in [3.8, 4) is 0 Å². The van der Waals surface area contributed by atoms with Gasteiger partial charge in [0.05, 0.1) is 25.4 Å². The Morgan fingerprint density at radius 1 is 1.64 bits per heavy atom. The summed E-state index contributed by atoms with van der Waals surface area (Å²) in [7, 11) is 0. The standard InChI is InChI=1S/C11H16N6O5/c12-16-15-7-3-9(22-8(7)5-18)17-4-6(1-2-21-13)10(19)14-11(17)20/h4,7-9,18H,1-3,5,13H2,(H,14,19,20)/t7-,8+,9+/m0/s1. The van der Waals surface area contributed by atoms with E-state index in [2.05, 4.69) is 19.8 Å². The minimum absolute atomic E-state index is 0.118. The number of nitrogens with two attached hydrogens (primary N) is 1. The van der Waals surface area contributed by atoms with Crippen molar-refractivity contribution in [2.24, 2.45) is 11.0 Å². The van der Waals surface area contributed by atoms with Crippen molar-refractivity contribution in [3.05, 3.63) is 43.0 Å². The summed E-state index contributed by atoms with van der Waals surface area (Å²) in [6.45, 7) is -0.223. The zero-order valence-electron chi connectivity index (χ0n) is 11.6. The normalized spacial score (nSPS) is 24.2. The number of aromatic amines is 1. The Hall–Kier alpha value is -2.17. The molecule has 1 aliphatic rings. The molecule has 0 aliphatic carbocycles. The Kier molecular flexibility index (Phi) is 5.31. The molecule has 4 N–H and O–H groups in total. The van der Waals surface area contributed by atoms with Crippen LogP contribution >= 0.6 is 0 Å². The van der Waals surface area contributed by atoms with Crippen molar-refractivity contribution in [1.82, 2.24) is 9.55 Å². The van der Waals surface area contributed by atoms with Crippen molar-refractivity contribution < 1.29 is 14.7 Å². The first kappa shape index (κ1) is 16.2. The van der Waals surface area contributed by atoms with Gasteiger partial charge in [0.2, 0.25) is 0 Å². The summed E-state index contributed by atoms with van der Waals surface area (Å²) in [5.74, 6) is 4.92. The molecule has 0 spiro atoms. The van der Waals surface area contributed by atoms with Crippen LogP contribution in [0, 0.1) is 0 Å². The zero-order valence-corrected chi connectivity index (χ0v) is 11.6. The number of H-pyrrole nitrogens is 1. The first-order valence-corrected chi connectivity index (χ1v) is 6.57. The van der Waals surface area contributed by atoms with Crippen molar-refractivity contribution in [1.29, 1.82) is 0 Å². The van der Waals surface area contributed by atoms with Crippen LogP contribution in [0.15, 0.2) is 20.9 Å². The lowest BCUT2D eigenvalue weighted by atomic mass is 10.1. The van der Waals surface area contributed by atoms with Gasteiger partial charge in [-0.2, -0.15) is 0 Å². The monoisotopic (exact) mass is 312 g/mol. The van der Waals surface area contributed by atoms with Crippen LogP contribution in [0.2, 0.25) is 0 Å². The number of aliphatic hydroxyl groups is 1. The minimum atomic E-state index is -0.741. The van der Waals surface area contributed by atoms with Crippen molar-refractivity contribution in [2.45, 2.75) is 31.2 Å². The quantitative estimate of drug-likeness (QED) is 0.261. The molecule has 1 aromatic rings. The van der Waals surface area contributed by atoms with E-state index < -0.39 is 29.6 Å². The van der Waals surface area contributed by atoms with E-state index >= 15 is 0 Å². The fourth-order valence-electron chi connectivity index (χ4n) is 2.33. The molecule has 1 saturated heterocycles. The lowest BCUT2D eigenvalue weighted by molar-refractivity contribution is -0.0272. The molecular weight excluding hydrogens is 296 g/mol. The second kappa shape index (κ2) is 7.20. The highest BCUT2D eigenvalue weighted by atomic mass is 16.6. The Morgan fingerprint density at radius 3 is 3.05 bits per heavy atom. The minimum Gasteiger partial charge on any atom is -0.394 e. The number of aromatic nitrogens is 2. The molecule has 11 nitrogen and oxygen atoms in total. The van der Waals surface area contributed by atoms with Gasteiger partial charge in [-0.1, -0.05) is 5.11 Å². The van der Waals surface area contributed by atoms with Crippen LogP contribution in [0.4, 0.5) is 0 Å². The maximum absolute atomic E-state index is 11.9. The molecule has 0 aromatic carbocycles. The molecule has 0 unspecified atom stereocenters. The molecular formula is C11H16N6O5. The zero-order chi connectivity index (χ0) is 16.1. The molecule has 0 saturated carbocycles. The number of hydrogen-bond donors (Lipinski definition) is 3. The molecule has 2 heterocycles. The highest BCUT2D eigenvalue weighted by Crippen LogP contribution is 2.29. The number of ether oxygens (including phenoxy) is 1. The molecule has 22 heavy (non-hydrogen) atoms. The number of rotatable bonds is 6. The first-order valence-electron chi connectivity index (χ1n) is 6.57.